The largest absolute Gasteiger partial charge is 0.465 e. The molecule has 7 nitrogen and oxygen atoms in total. The minimum atomic E-state index is -0.643. The van der Waals surface area contributed by atoms with Gasteiger partial charge >= 0.3 is 5.97 Å². The number of benzene rings is 2. The number of amides is 1. The summed E-state index contributed by atoms with van der Waals surface area (Å²) in [6, 6.07) is 12.8. The van der Waals surface area contributed by atoms with Crippen molar-refractivity contribution in [3.8, 4) is 6.07 Å². The summed E-state index contributed by atoms with van der Waals surface area (Å²) in [7, 11) is 1.28. The topological polar surface area (TPSA) is 117 Å². The zero-order valence-corrected chi connectivity index (χ0v) is 14.5. The number of nitrogens with one attached hydrogen (secondary N) is 2. The Bertz CT molecular complexity index is 919. The van der Waals surface area contributed by atoms with Crippen molar-refractivity contribution >= 4 is 40.5 Å². The van der Waals surface area contributed by atoms with Gasteiger partial charge in [-0.05, 0) is 36.4 Å². The highest BCUT2D eigenvalue weighted by atomic mass is 35.5. The lowest BCUT2D eigenvalue weighted by atomic mass is 10.2. The minimum Gasteiger partial charge on any atom is -0.465 e. The molecule has 0 fully saturated rings. The molecule has 0 heterocycles. The lowest BCUT2D eigenvalue weighted by Crippen LogP contribution is -2.15. The van der Waals surface area contributed by atoms with E-state index in [2.05, 4.69) is 15.4 Å². The molecule has 0 atom stereocenters. The van der Waals surface area contributed by atoms with E-state index < -0.39 is 11.9 Å². The molecule has 1 amide bonds. The fourth-order valence-corrected chi connectivity index (χ4v) is 2.22. The van der Waals surface area contributed by atoms with E-state index in [1.807, 2.05) is 0 Å². The van der Waals surface area contributed by atoms with Crippen LogP contribution in [0.3, 0.4) is 0 Å². The SMILES string of the molecule is COC(=O)c1cccc(N/C=C(/C#N)C(=O)Nc2ccc(N)cc2Cl)c1. The van der Waals surface area contributed by atoms with Crippen molar-refractivity contribution in [2.75, 3.05) is 23.5 Å². The van der Waals surface area contributed by atoms with E-state index in [-0.39, 0.29) is 10.6 Å². The smallest absolute Gasteiger partial charge is 0.337 e. The predicted octanol–water partition coefficient (Wildman–Crippen LogP) is 3.17. The third-order valence-corrected chi connectivity index (χ3v) is 3.59. The average molecular weight is 371 g/mol. The highest BCUT2D eigenvalue weighted by molar-refractivity contribution is 6.34. The Hall–Kier alpha value is -3.50. The maximum atomic E-state index is 12.2. The van der Waals surface area contributed by atoms with E-state index in [1.165, 1.54) is 31.5 Å². The van der Waals surface area contributed by atoms with E-state index in [0.717, 1.165) is 0 Å². The molecule has 0 saturated carbocycles. The maximum absolute atomic E-state index is 12.2. The number of hydrogen-bond donors (Lipinski definition) is 3. The second-order valence-electron chi connectivity index (χ2n) is 5.08. The van der Waals surface area contributed by atoms with Crippen LogP contribution >= 0.6 is 11.6 Å². The van der Waals surface area contributed by atoms with Gasteiger partial charge in [0.05, 0.1) is 23.4 Å². The molecular weight excluding hydrogens is 356 g/mol. The van der Waals surface area contributed by atoms with Gasteiger partial charge in [-0.15, -0.1) is 0 Å². The average Bonchev–Trinajstić information content (AvgIpc) is 2.64. The molecule has 132 valence electrons. The Morgan fingerprint density at radius 2 is 2.04 bits per heavy atom. The summed E-state index contributed by atoms with van der Waals surface area (Å²) in [5.41, 5.74) is 7.05. The number of esters is 1. The van der Waals surface area contributed by atoms with Crippen molar-refractivity contribution in [1.82, 2.24) is 0 Å². The first kappa shape index (κ1) is 18.8. The summed E-state index contributed by atoms with van der Waals surface area (Å²) in [5.74, 6) is -1.13. The number of nitrogens with two attached hydrogens (primary N) is 1. The van der Waals surface area contributed by atoms with Gasteiger partial charge in [-0.25, -0.2) is 4.79 Å². The molecule has 2 rings (SSSR count). The fourth-order valence-electron chi connectivity index (χ4n) is 1.98. The van der Waals surface area contributed by atoms with Crippen molar-refractivity contribution in [3.05, 3.63) is 64.8 Å². The Labute approximate surface area is 155 Å². The Morgan fingerprint density at radius 3 is 2.69 bits per heavy atom. The van der Waals surface area contributed by atoms with Crippen LogP contribution < -0.4 is 16.4 Å². The van der Waals surface area contributed by atoms with Crippen LogP contribution in [0.4, 0.5) is 17.1 Å². The molecule has 0 saturated heterocycles. The van der Waals surface area contributed by atoms with Crippen LogP contribution in [0.15, 0.2) is 54.2 Å². The number of halogens is 1. The van der Waals surface area contributed by atoms with E-state index in [1.54, 1.807) is 30.3 Å². The summed E-state index contributed by atoms with van der Waals surface area (Å²) < 4.78 is 4.64. The molecule has 0 aliphatic heterocycles. The second-order valence-corrected chi connectivity index (χ2v) is 5.49. The van der Waals surface area contributed by atoms with E-state index in [4.69, 9.17) is 17.3 Å². The van der Waals surface area contributed by atoms with Crippen LogP contribution in [0.5, 0.6) is 0 Å². The summed E-state index contributed by atoms with van der Waals surface area (Å²) in [6.07, 6.45) is 1.23. The molecule has 0 aromatic heterocycles. The normalized spacial score (nSPS) is 10.6. The monoisotopic (exact) mass is 370 g/mol. The van der Waals surface area contributed by atoms with Gasteiger partial charge in [0.15, 0.2) is 0 Å². The molecule has 0 bridgehead atoms. The van der Waals surface area contributed by atoms with Crippen molar-refractivity contribution in [2.24, 2.45) is 0 Å². The number of rotatable bonds is 5. The highest BCUT2D eigenvalue weighted by Crippen LogP contribution is 2.24. The Kier molecular flexibility index (Phi) is 6.20. The number of anilines is 3. The molecule has 0 unspecified atom stereocenters. The van der Waals surface area contributed by atoms with Crippen LogP contribution in [0.1, 0.15) is 10.4 Å². The Balaban J connectivity index is 2.13. The van der Waals surface area contributed by atoms with Gasteiger partial charge in [0.25, 0.3) is 5.91 Å². The first-order valence-corrected chi connectivity index (χ1v) is 7.74. The van der Waals surface area contributed by atoms with Gasteiger partial charge in [-0.3, -0.25) is 4.79 Å². The van der Waals surface area contributed by atoms with Gasteiger partial charge in [-0.1, -0.05) is 17.7 Å². The number of nitriles is 1. The maximum Gasteiger partial charge on any atom is 0.337 e. The lowest BCUT2D eigenvalue weighted by Gasteiger charge is -2.08. The van der Waals surface area contributed by atoms with E-state index in [0.29, 0.717) is 22.6 Å². The van der Waals surface area contributed by atoms with Crippen LogP contribution in [0.2, 0.25) is 5.02 Å². The van der Waals surface area contributed by atoms with Crippen LogP contribution in [0, 0.1) is 11.3 Å². The van der Waals surface area contributed by atoms with Crippen LogP contribution in [0.25, 0.3) is 0 Å². The van der Waals surface area contributed by atoms with Gasteiger partial charge in [0.1, 0.15) is 11.6 Å². The second kappa shape index (κ2) is 8.55. The summed E-state index contributed by atoms with van der Waals surface area (Å²) in [4.78, 5) is 23.7. The van der Waals surface area contributed by atoms with Gasteiger partial charge in [0, 0.05) is 17.6 Å². The standard InChI is InChI=1S/C18H15ClN4O3/c1-26-18(25)11-3-2-4-14(7-11)22-10-12(9-20)17(24)23-16-6-5-13(21)8-15(16)19/h2-8,10,22H,21H2,1H3,(H,23,24)/b12-10-. The van der Waals surface area contributed by atoms with Crippen molar-refractivity contribution in [3.63, 3.8) is 0 Å². The molecular formula is C18H15ClN4O3. The number of nitrogen functional groups attached to an aromatic ring is 1. The first-order chi connectivity index (χ1) is 12.4. The number of methoxy groups -OCH3 is 1. The van der Waals surface area contributed by atoms with Crippen LogP contribution in [-0.4, -0.2) is 19.0 Å². The molecule has 0 radical (unpaired) electrons. The first-order valence-electron chi connectivity index (χ1n) is 7.36. The molecule has 2 aromatic carbocycles. The molecule has 2 aromatic rings. The van der Waals surface area contributed by atoms with Crippen LogP contribution in [-0.2, 0) is 9.53 Å². The third-order valence-electron chi connectivity index (χ3n) is 3.27. The van der Waals surface area contributed by atoms with Gasteiger partial charge in [0.2, 0.25) is 0 Å². The number of hydrogen-bond acceptors (Lipinski definition) is 6. The summed E-state index contributed by atoms with van der Waals surface area (Å²) in [6.45, 7) is 0. The van der Waals surface area contributed by atoms with Crippen molar-refractivity contribution < 1.29 is 14.3 Å². The number of carbonyl (C=O) groups excluding carboxylic acids is 2. The summed E-state index contributed by atoms with van der Waals surface area (Å²) in [5, 5.41) is 14.8. The lowest BCUT2D eigenvalue weighted by molar-refractivity contribution is -0.112. The molecule has 0 aliphatic rings. The molecule has 0 aliphatic carbocycles. The number of nitrogens with zero attached hydrogens (tertiary/aromatic N) is 1. The zero-order chi connectivity index (χ0) is 19.1. The molecule has 4 N–H and O–H groups in total. The van der Waals surface area contributed by atoms with Crippen molar-refractivity contribution in [2.45, 2.75) is 0 Å². The zero-order valence-electron chi connectivity index (χ0n) is 13.7. The third kappa shape index (κ3) is 4.75. The van der Waals surface area contributed by atoms with E-state index >= 15 is 0 Å². The molecule has 26 heavy (non-hydrogen) atoms. The molecule has 8 heteroatoms. The van der Waals surface area contributed by atoms with E-state index in [9.17, 15) is 14.9 Å². The molecule has 0 spiro atoms. The highest BCUT2D eigenvalue weighted by Gasteiger charge is 2.12. The Morgan fingerprint density at radius 1 is 1.27 bits per heavy atom. The number of carbonyl (C=O) groups is 2. The number of ether oxygens (including phenoxy) is 1. The van der Waals surface area contributed by atoms with Gasteiger partial charge in [-0.2, -0.15) is 5.26 Å². The minimum absolute atomic E-state index is 0.179. The fraction of sp³-hybridized carbons (Fsp3) is 0.0556. The van der Waals surface area contributed by atoms with Crippen molar-refractivity contribution in [1.29, 1.82) is 5.26 Å². The summed E-state index contributed by atoms with van der Waals surface area (Å²) >= 11 is 6.00. The predicted molar refractivity (Wildman–Crippen MR) is 99.6 cm³/mol. The quantitative estimate of drug-likeness (QED) is 0.322. The van der Waals surface area contributed by atoms with Gasteiger partial charge < -0.3 is 21.1 Å².